The van der Waals surface area contributed by atoms with E-state index in [1.807, 2.05) is 19.1 Å². The lowest BCUT2D eigenvalue weighted by Gasteiger charge is -2.16. The van der Waals surface area contributed by atoms with Crippen LogP contribution in [0.2, 0.25) is 0 Å². The molecular formula is C14H22O2. The second-order valence-corrected chi connectivity index (χ2v) is 4.34. The smallest absolute Gasteiger partial charge is 0.118 e. The predicted molar refractivity (Wildman–Crippen MR) is 66.8 cm³/mol. The van der Waals surface area contributed by atoms with E-state index in [2.05, 4.69) is 19.1 Å². The van der Waals surface area contributed by atoms with Gasteiger partial charge >= 0.3 is 0 Å². The highest BCUT2D eigenvalue weighted by molar-refractivity contribution is 5.27. The van der Waals surface area contributed by atoms with E-state index in [0.717, 1.165) is 25.0 Å². The van der Waals surface area contributed by atoms with Gasteiger partial charge in [-0.25, -0.2) is 0 Å². The maximum atomic E-state index is 9.67. The Morgan fingerprint density at radius 3 is 2.38 bits per heavy atom. The fourth-order valence-corrected chi connectivity index (χ4v) is 1.78. The third kappa shape index (κ3) is 3.86. The number of rotatable bonds is 6. The van der Waals surface area contributed by atoms with Crippen LogP contribution in [0.1, 0.15) is 32.3 Å². The molecule has 2 unspecified atom stereocenters. The summed E-state index contributed by atoms with van der Waals surface area (Å²) >= 11 is 0. The van der Waals surface area contributed by atoms with Crippen LogP contribution in [-0.4, -0.2) is 18.3 Å². The van der Waals surface area contributed by atoms with E-state index in [0.29, 0.717) is 5.92 Å². The molecule has 0 bridgehead atoms. The molecular weight excluding hydrogens is 200 g/mol. The SMILES string of the molecule is CCC(O)C(C)CCc1ccc(OC)cc1. The Morgan fingerprint density at radius 1 is 1.25 bits per heavy atom. The van der Waals surface area contributed by atoms with Gasteiger partial charge in [0.1, 0.15) is 5.75 Å². The summed E-state index contributed by atoms with van der Waals surface area (Å²) in [4.78, 5) is 0. The minimum absolute atomic E-state index is 0.168. The van der Waals surface area contributed by atoms with E-state index >= 15 is 0 Å². The van der Waals surface area contributed by atoms with Gasteiger partial charge in [-0.1, -0.05) is 26.0 Å². The standard InChI is InChI=1S/C14H22O2/c1-4-14(15)11(2)5-6-12-7-9-13(16-3)10-8-12/h7-11,14-15H,4-6H2,1-3H3. The summed E-state index contributed by atoms with van der Waals surface area (Å²) in [5.41, 5.74) is 1.30. The first-order chi connectivity index (χ1) is 7.67. The molecule has 0 fully saturated rings. The molecule has 1 N–H and O–H groups in total. The lowest BCUT2D eigenvalue weighted by Crippen LogP contribution is -2.16. The first-order valence-corrected chi connectivity index (χ1v) is 5.98. The van der Waals surface area contributed by atoms with Crippen molar-refractivity contribution in [3.05, 3.63) is 29.8 Å². The van der Waals surface area contributed by atoms with Crippen molar-refractivity contribution >= 4 is 0 Å². The van der Waals surface area contributed by atoms with Gasteiger partial charge in [-0.2, -0.15) is 0 Å². The number of benzene rings is 1. The zero-order valence-electron chi connectivity index (χ0n) is 10.4. The van der Waals surface area contributed by atoms with E-state index in [-0.39, 0.29) is 6.10 Å². The van der Waals surface area contributed by atoms with Gasteiger partial charge in [0.05, 0.1) is 13.2 Å². The van der Waals surface area contributed by atoms with Crippen LogP contribution in [0.4, 0.5) is 0 Å². The van der Waals surface area contributed by atoms with Crippen molar-refractivity contribution in [2.24, 2.45) is 5.92 Å². The Labute approximate surface area is 98.3 Å². The second kappa shape index (κ2) is 6.54. The molecule has 2 atom stereocenters. The van der Waals surface area contributed by atoms with Crippen LogP contribution >= 0.6 is 0 Å². The summed E-state index contributed by atoms with van der Waals surface area (Å²) in [5.74, 6) is 1.26. The molecule has 0 spiro atoms. The zero-order valence-corrected chi connectivity index (χ0v) is 10.4. The van der Waals surface area contributed by atoms with Gasteiger partial charge in [0.25, 0.3) is 0 Å². The molecule has 0 heterocycles. The van der Waals surface area contributed by atoms with Crippen LogP contribution in [-0.2, 0) is 6.42 Å². The summed E-state index contributed by atoms with van der Waals surface area (Å²) in [6.45, 7) is 4.13. The molecule has 1 aromatic carbocycles. The lowest BCUT2D eigenvalue weighted by atomic mass is 9.95. The largest absolute Gasteiger partial charge is 0.497 e. The highest BCUT2D eigenvalue weighted by Gasteiger charge is 2.11. The van der Waals surface area contributed by atoms with Gasteiger partial charge in [-0.15, -0.1) is 0 Å². The van der Waals surface area contributed by atoms with Gasteiger partial charge in [-0.3, -0.25) is 0 Å². The molecule has 0 aliphatic heterocycles. The molecule has 0 amide bonds. The fourth-order valence-electron chi connectivity index (χ4n) is 1.78. The average molecular weight is 222 g/mol. The van der Waals surface area contributed by atoms with Gasteiger partial charge in [0.2, 0.25) is 0 Å². The van der Waals surface area contributed by atoms with Crippen molar-refractivity contribution in [1.82, 2.24) is 0 Å². The average Bonchev–Trinajstić information content (AvgIpc) is 2.35. The molecule has 0 aliphatic carbocycles. The number of aliphatic hydroxyl groups excluding tert-OH is 1. The second-order valence-electron chi connectivity index (χ2n) is 4.34. The summed E-state index contributed by atoms with van der Waals surface area (Å²) in [5, 5.41) is 9.67. The zero-order chi connectivity index (χ0) is 12.0. The van der Waals surface area contributed by atoms with E-state index in [4.69, 9.17) is 4.74 Å². The van der Waals surface area contributed by atoms with Gasteiger partial charge in [0, 0.05) is 0 Å². The number of methoxy groups -OCH3 is 1. The monoisotopic (exact) mass is 222 g/mol. The van der Waals surface area contributed by atoms with Crippen LogP contribution in [0.25, 0.3) is 0 Å². The van der Waals surface area contributed by atoms with Gasteiger partial charge < -0.3 is 9.84 Å². The van der Waals surface area contributed by atoms with E-state index < -0.39 is 0 Å². The van der Waals surface area contributed by atoms with Crippen molar-refractivity contribution < 1.29 is 9.84 Å². The van der Waals surface area contributed by atoms with Gasteiger partial charge in [0.15, 0.2) is 0 Å². The summed E-state index contributed by atoms with van der Waals surface area (Å²) in [7, 11) is 1.68. The predicted octanol–water partition coefficient (Wildman–Crippen LogP) is 3.03. The topological polar surface area (TPSA) is 29.5 Å². The molecule has 0 aliphatic rings. The number of hydrogen-bond acceptors (Lipinski definition) is 2. The quantitative estimate of drug-likeness (QED) is 0.801. The van der Waals surface area contributed by atoms with Crippen LogP contribution in [0.5, 0.6) is 5.75 Å². The molecule has 0 saturated carbocycles. The van der Waals surface area contributed by atoms with Crippen LogP contribution in [0.15, 0.2) is 24.3 Å². The van der Waals surface area contributed by atoms with E-state index in [1.54, 1.807) is 7.11 Å². The number of hydrogen-bond donors (Lipinski definition) is 1. The Morgan fingerprint density at radius 2 is 1.88 bits per heavy atom. The number of ether oxygens (including phenoxy) is 1. The Balaban J connectivity index is 2.42. The maximum Gasteiger partial charge on any atom is 0.118 e. The van der Waals surface area contributed by atoms with Crippen LogP contribution in [0, 0.1) is 5.92 Å². The molecule has 1 rings (SSSR count). The molecule has 1 aromatic rings. The van der Waals surface area contributed by atoms with Crippen molar-refractivity contribution in [1.29, 1.82) is 0 Å². The molecule has 0 saturated heterocycles. The molecule has 90 valence electrons. The first kappa shape index (κ1) is 13.0. The summed E-state index contributed by atoms with van der Waals surface area (Å²) in [6.07, 6.45) is 2.71. The van der Waals surface area contributed by atoms with Crippen molar-refractivity contribution in [3.63, 3.8) is 0 Å². The molecule has 2 nitrogen and oxygen atoms in total. The summed E-state index contributed by atoms with van der Waals surface area (Å²) in [6, 6.07) is 8.14. The molecule has 0 aromatic heterocycles. The Kier molecular flexibility index (Phi) is 5.33. The Bertz CT molecular complexity index is 292. The highest BCUT2D eigenvalue weighted by Crippen LogP contribution is 2.17. The lowest BCUT2D eigenvalue weighted by molar-refractivity contribution is 0.108. The normalized spacial score (nSPS) is 14.5. The third-order valence-corrected chi connectivity index (χ3v) is 3.12. The summed E-state index contributed by atoms with van der Waals surface area (Å²) < 4.78 is 5.11. The van der Waals surface area contributed by atoms with Gasteiger partial charge in [-0.05, 0) is 42.9 Å². The van der Waals surface area contributed by atoms with E-state index in [1.165, 1.54) is 5.56 Å². The highest BCUT2D eigenvalue weighted by atomic mass is 16.5. The fraction of sp³-hybridized carbons (Fsp3) is 0.571. The maximum absolute atomic E-state index is 9.67. The Hall–Kier alpha value is -1.02. The number of aliphatic hydroxyl groups is 1. The van der Waals surface area contributed by atoms with Crippen molar-refractivity contribution in [2.45, 2.75) is 39.2 Å². The van der Waals surface area contributed by atoms with Crippen LogP contribution in [0.3, 0.4) is 0 Å². The minimum atomic E-state index is -0.168. The van der Waals surface area contributed by atoms with E-state index in [9.17, 15) is 5.11 Å². The molecule has 2 heteroatoms. The van der Waals surface area contributed by atoms with Crippen molar-refractivity contribution in [2.75, 3.05) is 7.11 Å². The number of aryl methyl sites for hydroxylation is 1. The minimum Gasteiger partial charge on any atom is -0.497 e. The molecule has 16 heavy (non-hydrogen) atoms. The third-order valence-electron chi connectivity index (χ3n) is 3.12. The molecule has 0 radical (unpaired) electrons. The van der Waals surface area contributed by atoms with Crippen molar-refractivity contribution in [3.8, 4) is 5.75 Å². The van der Waals surface area contributed by atoms with Crippen LogP contribution < -0.4 is 4.74 Å². The first-order valence-electron chi connectivity index (χ1n) is 5.98.